The molecule has 2 atom stereocenters. The summed E-state index contributed by atoms with van der Waals surface area (Å²) in [4.78, 5) is 0. The summed E-state index contributed by atoms with van der Waals surface area (Å²) < 4.78 is 0. The number of nitrogens with zero attached hydrogens (tertiary/aromatic N) is 3. The molecule has 0 spiro atoms. The Morgan fingerprint density at radius 2 is 1.74 bits per heavy atom. The van der Waals surface area contributed by atoms with Crippen LogP contribution in [0.2, 0.25) is 0 Å². The Morgan fingerprint density at radius 1 is 1.00 bits per heavy atom. The van der Waals surface area contributed by atoms with Crippen molar-refractivity contribution in [2.24, 2.45) is 17.1 Å². The summed E-state index contributed by atoms with van der Waals surface area (Å²) in [6, 6.07) is 20.6. The van der Waals surface area contributed by atoms with Gasteiger partial charge in [0.1, 0.15) is 6.07 Å². The molecule has 2 aromatic carbocycles. The van der Waals surface area contributed by atoms with Crippen LogP contribution in [-0.4, -0.2) is 0 Å². The van der Waals surface area contributed by atoms with Crippen molar-refractivity contribution < 1.29 is 0 Å². The van der Waals surface area contributed by atoms with Crippen molar-refractivity contribution in [2.75, 3.05) is 0 Å². The van der Waals surface area contributed by atoms with Gasteiger partial charge in [0.15, 0.2) is 5.41 Å². The zero-order valence-corrected chi connectivity index (χ0v) is 14.8. The van der Waals surface area contributed by atoms with Gasteiger partial charge < -0.3 is 5.73 Å². The highest BCUT2D eigenvalue weighted by molar-refractivity contribution is 5.83. The lowest BCUT2D eigenvalue weighted by Gasteiger charge is -2.43. The minimum Gasteiger partial charge on any atom is -0.399 e. The maximum Gasteiger partial charge on any atom is 0.191 e. The highest BCUT2D eigenvalue weighted by Crippen LogP contribution is 2.55. The van der Waals surface area contributed by atoms with Gasteiger partial charge in [-0.15, -0.1) is 0 Å². The molecule has 0 saturated carbocycles. The normalized spacial score (nSPS) is 23.5. The topological polar surface area (TPSA) is 97.4 Å². The van der Waals surface area contributed by atoms with Crippen LogP contribution in [-0.2, 0) is 0 Å². The van der Waals surface area contributed by atoms with Gasteiger partial charge in [-0.1, -0.05) is 48.5 Å². The van der Waals surface area contributed by atoms with E-state index in [0.29, 0.717) is 5.57 Å². The molecule has 0 bridgehead atoms. The SMILES string of the molecule is N#CC1=C(N)C(C#N)(C#N)[C@@H](c2ccc3ccccc3c2)[C@@H]2CCCC=C12. The maximum absolute atomic E-state index is 10.0. The molecule has 0 unspecified atom stereocenters. The van der Waals surface area contributed by atoms with E-state index in [0.717, 1.165) is 41.2 Å². The van der Waals surface area contributed by atoms with E-state index in [1.807, 2.05) is 36.4 Å². The molecule has 4 rings (SSSR count). The van der Waals surface area contributed by atoms with Crippen LogP contribution in [0.25, 0.3) is 10.8 Å². The van der Waals surface area contributed by atoms with Gasteiger partial charge in [-0.3, -0.25) is 0 Å². The number of nitriles is 3. The smallest absolute Gasteiger partial charge is 0.191 e. The second kappa shape index (κ2) is 6.31. The molecule has 4 heteroatoms. The largest absolute Gasteiger partial charge is 0.399 e. The van der Waals surface area contributed by atoms with Crippen molar-refractivity contribution in [2.45, 2.75) is 25.2 Å². The lowest BCUT2D eigenvalue weighted by molar-refractivity contribution is 0.318. The molecule has 2 aliphatic rings. The van der Waals surface area contributed by atoms with E-state index in [2.05, 4.69) is 30.4 Å². The van der Waals surface area contributed by atoms with Gasteiger partial charge in [-0.25, -0.2) is 0 Å². The molecule has 0 aromatic heterocycles. The molecule has 0 heterocycles. The van der Waals surface area contributed by atoms with Crippen LogP contribution in [0.3, 0.4) is 0 Å². The van der Waals surface area contributed by atoms with Crippen molar-refractivity contribution in [1.29, 1.82) is 15.8 Å². The van der Waals surface area contributed by atoms with Crippen LogP contribution >= 0.6 is 0 Å². The van der Waals surface area contributed by atoms with Gasteiger partial charge >= 0.3 is 0 Å². The summed E-state index contributed by atoms with van der Waals surface area (Å²) in [6.45, 7) is 0. The summed E-state index contributed by atoms with van der Waals surface area (Å²) in [5, 5.41) is 31.9. The second-order valence-electron chi connectivity index (χ2n) is 7.21. The molecule has 0 radical (unpaired) electrons. The lowest BCUT2D eigenvalue weighted by Crippen LogP contribution is -2.42. The van der Waals surface area contributed by atoms with Gasteiger partial charge in [-0.05, 0) is 47.1 Å². The van der Waals surface area contributed by atoms with E-state index < -0.39 is 5.41 Å². The Bertz CT molecular complexity index is 1100. The average Bonchev–Trinajstić information content (AvgIpc) is 2.72. The molecule has 27 heavy (non-hydrogen) atoms. The van der Waals surface area contributed by atoms with E-state index in [9.17, 15) is 15.8 Å². The third-order valence-corrected chi connectivity index (χ3v) is 5.93. The Kier molecular flexibility index (Phi) is 3.95. The zero-order chi connectivity index (χ0) is 19.0. The van der Waals surface area contributed by atoms with Crippen molar-refractivity contribution in [3.8, 4) is 18.2 Å². The van der Waals surface area contributed by atoms with Crippen LogP contribution in [0.5, 0.6) is 0 Å². The maximum atomic E-state index is 10.0. The summed E-state index contributed by atoms with van der Waals surface area (Å²) >= 11 is 0. The van der Waals surface area contributed by atoms with Crippen molar-refractivity contribution in [1.82, 2.24) is 0 Å². The van der Waals surface area contributed by atoms with Crippen LogP contribution in [0.1, 0.15) is 30.7 Å². The van der Waals surface area contributed by atoms with Gasteiger partial charge in [0.25, 0.3) is 0 Å². The lowest BCUT2D eigenvalue weighted by atomic mass is 9.56. The summed E-state index contributed by atoms with van der Waals surface area (Å²) in [7, 11) is 0. The number of nitrogens with two attached hydrogens (primary N) is 1. The Balaban J connectivity index is 2.01. The van der Waals surface area contributed by atoms with Crippen LogP contribution in [0.4, 0.5) is 0 Å². The van der Waals surface area contributed by atoms with Gasteiger partial charge in [-0.2, -0.15) is 15.8 Å². The minimum atomic E-state index is -1.53. The Hall–Kier alpha value is -3.55. The number of hydrogen-bond acceptors (Lipinski definition) is 4. The number of rotatable bonds is 1. The number of hydrogen-bond donors (Lipinski definition) is 1. The average molecular weight is 350 g/mol. The second-order valence-corrected chi connectivity index (χ2v) is 7.21. The standard InChI is InChI=1S/C23H18N4/c24-12-20-18-7-3-4-8-19(18)21(23(13-25,14-26)22(20)27)17-10-9-15-5-1-2-6-16(15)11-17/h1-2,5-7,9-11,19,21H,3-4,8,27H2/t19-,21+/m1/s1. The Labute approximate surface area is 158 Å². The van der Waals surface area contributed by atoms with Crippen LogP contribution in [0.15, 0.2) is 65.4 Å². The highest BCUT2D eigenvalue weighted by Gasteiger charge is 2.53. The van der Waals surface area contributed by atoms with E-state index in [1.54, 1.807) is 0 Å². The highest BCUT2D eigenvalue weighted by atomic mass is 14.7. The molecule has 130 valence electrons. The van der Waals surface area contributed by atoms with Crippen molar-refractivity contribution in [3.63, 3.8) is 0 Å². The predicted molar refractivity (Wildman–Crippen MR) is 103 cm³/mol. The molecule has 0 fully saturated rings. The monoisotopic (exact) mass is 350 g/mol. The fraction of sp³-hybridized carbons (Fsp3) is 0.261. The molecule has 0 saturated heterocycles. The fourth-order valence-electron chi connectivity index (χ4n) is 4.65. The molecule has 0 aliphatic heterocycles. The first kappa shape index (κ1) is 16.9. The minimum absolute atomic E-state index is 0.0545. The van der Waals surface area contributed by atoms with Gasteiger partial charge in [0.2, 0.25) is 0 Å². The van der Waals surface area contributed by atoms with Crippen LogP contribution < -0.4 is 5.73 Å². The predicted octanol–water partition coefficient (Wildman–Crippen LogP) is 4.43. The summed E-state index contributed by atoms with van der Waals surface area (Å²) in [6.07, 6.45) is 4.77. The molecule has 4 nitrogen and oxygen atoms in total. The third kappa shape index (κ3) is 2.33. The number of allylic oxidation sites excluding steroid dienone is 4. The molecule has 2 N–H and O–H groups in total. The first-order valence-electron chi connectivity index (χ1n) is 9.08. The van der Waals surface area contributed by atoms with E-state index in [1.165, 1.54) is 0 Å². The Morgan fingerprint density at radius 3 is 2.44 bits per heavy atom. The number of benzene rings is 2. The molecular formula is C23H18N4. The molecule has 0 amide bonds. The zero-order valence-electron chi connectivity index (χ0n) is 14.8. The van der Waals surface area contributed by atoms with Crippen LogP contribution in [0, 0.1) is 45.3 Å². The summed E-state index contributed by atoms with van der Waals surface area (Å²) in [5.41, 5.74) is 7.02. The van der Waals surface area contributed by atoms with E-state index >= 15 is 0 Å². The van der Waals surface area contributed by atoms with Gasteiger partial charge in [0, 0.05) is 5.92 Å². The first-order chi connectivity index (χ1) is 13.2. The molecular weight excluding hydrogens is 332 g/mol. The quantitative estimate of drug-likeness (QED) is 0.822. The van der Waals surface area contributed by atoms with Crippen molar-refractivity contribution in [3.05, 3.63) is 70.9 Å². The molecule has 2 aliphatic carbocycles. The summed E-state index contributed by atoms with van der Waals surface area (Å²) in [5.74, 6) is -0.443. The van der Waals surface area contributed by atoms with E-state index in [4.69, 9.17) is 5.73 Å². The molecule has 2 aromatic rings. The third-order valence-electron chi connectivity index (χ3n) is 5.93. The number of fused-ring (bicyclic) bond motifs is 2. The first-order valence-corrected chi connectivity index (χ1v) is 9.08. The van der Waals surface area contributed by atoms with E-state index in [-0.39, 0.29) is 17.5 Å². The van der Waals surface area contributed by atoms with Crippen molar-refractivity contribution >= 4 is 10.8 Å². The fourth-order valence-corrected chi connectivity index (χ4v) is 4.65. The van der Waals surface area contributed by atoms with Gasteiger partial charge in [0.05, 0.1) is 23.4 Å².